The third kappa shape index (κ3) is 3.21. The number of hydrogen-bond acceptors (Lipinski definition) is 6. The summed E-state index contributed by atoms with van der Waals surface area (Å²) in [7, 11) is 0. The van der Waals surface area contributed by atoms with Crippen LogP contribution in [0.15, 0.2) is 45.7 Å². The summed E-state index contributed by atoms with van der Waals surface area (Å²) in [4.78, 5) is 13.5. The maximum atomic E-state index is 11.7. The Morgan fingerprint density at radius 2 is 2.29 bits per heavy atom. The molecule has 1 atom stereocenters. The molecule has 108 valence electrons. The van der Waals surface area contributed by atoms with Gasteiger partial charge in [0.05, 0.1) is 12.7 Å². The second-order valence-corrected chi connectivity index (χ2v) is 6.30. The Balaban J connectivity index is 1.62. The van der Waals surface area contributed by atoms with E-state index in [9.17, 15) is 9.90 Å². The summed E-state index contributed by atoms with van der Waals surface area (Å²) in [6, 6.07) is 7.19. The molecule has 21 heavy (non-hydrogen) atoms. The molecule has 2 N–H and O–H groups in total. The zero-order chi connectivity index (χ0) is 14.7. The second kappa shape index (κ2) is 6.21. The van der Waals surface area contributed by atoms with E-state index in [1.165, 1.54) is 23.6 Å². The molecule has 0 saturated heterocycles. The summed E-state index contributed by atoms with van der Waals surface area (Å²) in [5.74, 6) is -0.120. The van der Waals surface area contributed by atoms with Crippen LogP contribution >= 0.6 is 22.7 Å². The number of nitrogens with zero attached hydrogens (tertiary/aromatic N) is 1. The number of nitrogens with one attached hydrogen (secondary N) is 1. The molecule has 3 aromatic heterocycles. The van der Waals surface area contributed by atoms with Crippen molar-refractivity contribution in [2.24, 2.45) is 0 Å². The average Bonchev–Trinajstić information content (AvgIpc) is 3.26. The number of carbonyl (C=O) groups excluding carboxylic acids is 1. The quantitative estimate of drug-likeness (QED) is 0.758. The van der Waals surface area contributed by atoms with Crippen LogP contribution in [-0.2, 0) is 6.54 Å². The molecule has 0 saturated carbocycles. The highest BCUT2D eigenvalue weighted by Crippen LogP contribution is 2.29. The van der Waals surface area contributed by atoms with Crippen molar-refractivity contribution in [1.82, 2.24) is 10.5 Å². The first-order chi connectivity index (χ1) is 10.2. The van der Waals surface area contributed by atoms with Crippen molar-refractivity contribution in [2.75, 3.05) is 0 Å². The van der Waals surface area contributed by atoms with Gasteiger partial charge in [-0.3, -0.25) is 4.79 Å². The predicted octanol–water partition coefficient (Wildman–Crippen LogP) is 2.81. The third-order valence-corrected chi connectivity index (χ3v) is 4.73. The number of aromatic nitrogens is 1. The maximum Gasteiger partial charge on any atom is 0.290 e. The maximum absolute atomic E-state index is 11.7. The monoisotopic (exact) mass is 320 g/mol. The number of hydrogen-bond donors (Lipinski definition) is 2. The van der Waals surface area contributed by atoms with Crippen molar-refractivity contribution in [3.63, 3.8) is 0 Å². The minimum atomic E-state index is -0.611. The lowest BCUT2D eigenvalue weighted by Crippen LogP contribution is -2.21. The van der Waals surface area contributed by atoms with Crippen molar-refractivity contribution < 1.29 is 14.4 Å². The SMILES string of the molecule is O=C(NCc1ccc(C(O)c2ccsc2)s1)c1ccno1. The van der Waals surface area contributed by atoms with Gasteiger partial charge in [0.25, 0.3) is 5.91 Å². The molecule has 5 nitrogen and oxygen atoms in total. The highest BCUT2D eigenvalue weighted by Gasteiger charge is 2.14. The standard InChI is InChI=1S/C14H12N2O3S2/c17-13(9-4-6-20-8-9)12-2-1-10(21-12)7-15-14(18)11-3-5-16-19-11/h1-6,8,13,17H,7H2,(H,15,18). The summed E-state index contributed by atoms with van der Waals surface area (Å²) in [5.41, 5.74) is 0.888. The van der Waals surface area contributed by atoms with Crippen molar-refractivity contribution in [3.8, 4) is 0 Å². The molecule has 0 fully saturated rings. The van der Waals surface area contributed by atoms with E-state index < -0.39 is 6.10 Å². The van der Waals surface area contributed by atoms with Gasteiger partial charge in [0.1, 0.15) is 6.10 Å². The zero-order valence-corrected chi connectivity index (χ0v) is 12.5. The largest absolute Gasteiger partial charge is 0.383 e. The molecule has 0 aromatic carbocycles. The van der Waals surface area contributed by atoms with Crippen molar-refractivity contribution in [3.05, 3.63) is 62.3 Å². The number of aliphatic hydroxyl groups is 1. The Labute approximate surface area is 128 Å². The molecule has 0 aliphatic rings. The van der Waals surface area contributed by atoms with E-state index in [0.29, 0.717) is 6.54 Å². The van der Waals surface area contributed by atoms with Crippen LogP contribution in [0.25, 0.3) is 0 Å². The Kier molecular flexibility index (Phi) is 4.14. The number of rotatable bonds is 5. The molecule has 0 radical (unpaired) electrons. The zero-order valence-electron chi connectivity index (χ0n) is 10.9. The number of carbonyl (C=O) groups is 1. The number of thiophene rings is 2. The van der Waals surface area contributed by atoms with E-state index in [1.54, 1.807) is 11.3 Å². The van der Waals surface area contributed by atoms with Crippen molar-refractivity contribution >= 4 is 28.6 Å². The van der Waals surface area contributed by atoms with Crippen LogP contribution in [0.4, 0.5) is 0 Å². The van der Waals surface area contributed by atoms with Crippen LogP contribution < -0.4 is 5.32 Å². The Bertz CT molecular complexity index is 705. The fourth-order valence-corrected chi connectivity index (χ4v) is 3.46. The molecule has 3 aromatic rings. The molecule has 1 unspecified atom stereocenters. The second-order valence-electron chi connectivity index (χ2n) is 4.32. The normalized spacial score (nSPS) is 12.2. The third-order valence-electron chi connectivity index (χ3n) is 2.90. The van der Waals surface area contributed by atoms with Crippen LogP contribution in [0.3, 0.4) is 0 Å². The Hall–Kier alpha value is -1.96. The highest BCUT2D eigenvalue weighted by molar-refractivity contribution is 7.12. The summed E-state index contributed by atoms with van der Waals surface area (Å²) in [5, 5.41) is 20.3. The molecule has 0 spiro atoms. The fraction of sp³-hybridized carbons (Fsp3) is 0.143. The minimum Gasteiger partial charge on any atom is -0.383 e. The lowest BCUT2D eigenvalue weighted by atomic mass is 10.2. The summed E-state index contributed by atoms with van der Waals surface area (Å²) >= 11 is 3.03. The molecule has 0 aliphatic carbocycles. The van der Waals surface area contributed by atoms with Crippen molar-refractivity contribution in [1.29, 1.82) is 0 Å². The molecule has 3 rings (SSSR count). The number of amides is 1. The average molecular weight is 320 g/mol. The van der Waals surface area contributed by atoms with Gasteiger partial charge in [-0.15, -0.1) is 11.3 Å². The van der Waals surface area contributed by atoms with Crippen LogP contribution in [-0.4, -0.2) is 16.2 Å². The smallest absolute Gasteiger partial charge is 0.290 e. The Morgan fingerprint density at radius 3 is 3.00 bits per heavy atom. The van der Waals surface area contributed by atoms with Crippen LogP contribution in [0.2, 0.25) is 0 Å². The van der Waals surface area contributed by atoms with Gasteiger partial charge < -0.3 is 14.9 Å². The molecule has 0 aliphatic heterocycles. The van der Waals surface area contributed by atoms with E-state index in [4.69, 9.17) is 4.52 Å². The van der Waals surface area contributed by atoms with Gasteiger partial charge in [0, 0.05) is 15.8 Å². The van der Waals surface area contributed by atoms with E-state index >= 15 is 0 Å². The van der Waals surface area contributed by atoms with Crippen LogP contribution in [0.1, 0.15) is 32.0 Å². The van der Waals surface area contributed by atoms with E-state index in [0.717, 1.165) is 15.3 Å². The predicted molar refractivity (Wildman–Crippen MR) is 80.4 cm³/mol. The minimum absolute atomic E-state index is 0.185. The Morgan fingerprint density at radius 1 is 1.38 bits per heavy atom. The molecule has 1 amide bonds. The van der Waals surface area contributed by atoms with Gasteiger partial charge in [-0.05, 0) is 34.5 Å². The number of aliphatic hydroxyl groups excluding tert-OH is 1. The molecule has 0 bridgehead atoms. The molecule has 3 heterocycles. The first-order valence-electron chi connectivity index (χ1n) is 6.21. The van der Waals surface area contributed by atoms with Gasteiger partial charge in [0.15, 0.2) is 0 Å². The molecular formula is C14H12N2O3S2. The lowest BCUT2D eigenvalue weighted by Gasteiger charge is -2.05. The summed E-state index contributed by atoms with van der Waals surface area (Å²) in [6.07, 6.45) is 0.815. The topological polar surface area (TPSA) is 75.4 Å². The van der Waals surface area contributed by atoms with Gasteiger partial charge in [-0.1, -0.05) is 5.16 Å². The molecule has 7 heteroatoms. The van der Waals surface area contributed by atoms with Gasteiger partial charge >= 0.3 is 0 Å². The van der Waals surface area contributed by atoms with Gasteiger partial charge in [-0.2, -0.15) is 11.3 Å². The van der Waals surface area contributed by atoms with Gasteiger partial charge in [0.2, 0.25) is 5.76 Å². The molecular weight excluding hydrogens is 308 g/mol. The lowest BCUT2D eigenvalue weighted by molar-refractivity contribution is 0.0914. The first-order valence-corrected chi connectivity index (χ1v) is 7.97. The van der Waals surface area contributed by atoms with E-state index in [1.807, 2.05) is 29.0 Å². The van der Waals surface area contributed by atoms with Crippen LogP contribution in [0.5, 0.6) is 0 Å². The first kappa shape index (κ1) is 14.0. The summed E-state index contributed by atoms with van der Waals surface area (Å²) < 4.78 is 4.78. The van der Waals surface area contributed by atoms with E-state index in [2.05, 4.69) is 10.5 Å². The van der Waals surface area contributed by atoms with Gasteiger partial charge in [-0.25, -0.2) is 0 Å². The fourth-order valence-electron chi connectivity index (χ4n) is 1.82. The summed E-state index contributed by atoms with van der Waals surface area (Å²) in [6.45, 7) is 0.389. The van der Waals surface area contributed by atoms with E-state index in [-0.39, 0.29) is 11.7 Å². The van der Waals surface area contributed by atoms with Crippen LogP contribution in [0, 0.1) is 0 Å². The van der Waals surface area contributed by atoms with Crippen molar-refractivity contribution in [2.45, 2.75) is 12.6 Å². The highest BCUT2D eigenvalue weighted by atomic mass is 32.1.